The van der Waals surface area contributed by atoms with E-state index >= 15 is 0 Å². The smallest absolute Gasteiger partial charge is 0.303 e. The predicted molar refractivity (Wildman–Crippen MR) is 49.9 cm³/mol. The highest BCUT2D eigenvalue weighted by Gasteiger charge is 2.76. The minimum absolute atomic E-state index is 0.323. The summed E-state index contributed by atoms with van der Waals surface area (Å²) in [6.07, 6.45) is -1.07. The van der Waals surface area contributed by atoms with Crippen LogP contribution in [0.3, 0.4) is 0 Å². The van der Waals surface area contributed by atoms with E-state index < -0.39 is 42.1 Å². The molecule has 0 amide bonds. The zero-order valence-corrected chi connectivity index (χ0v) is 9.92. The van der Waals surface area contributed by atoms with Crippen molar-refractivity contribution in [2.45, 2.75) is 50.6 Å². The molecular formula is C10H13F7O. The van der Waals surface area contributed by atoms with Gasteiger partial charge in [0, 0.05) is 6.92 Å². The van der Waals surface area contributed by atoms with Gasteiger partial charge in [-0.15, -0.1) is 0 Å². The zero-order chi connectivity index (χ0) is 15.0. The lowest BCUT2D eigenvalue weighted by Crippen LogP contribution is -2.64. The summed E-state index contributed by atoms with van der Waals surface area (Å²) >= 11 is 0. The zero-order valence-electron chi connectivity index (χ0n) is 9.92. The van der Waals surface area contributed by atoms with Gasteiger partial charge in [0.15, 0.2) is 0 Å². The molecule has 1 nitrogen and oxygen atoms in total. The van der Waals surface area contributed by atoms with Gasteiger partial charge in [-0.1, -0.05) is 6.92 Å². The fraction of sp³-hybridized carbons (Fsp3) is 0.900. The third-order valence-corrected chi connectivity index (χ3v) is 2.84. The molecule has 18 heavy (non-hydrogen) atoms. The molecule has 0 aromatic heterocycles. The predicted octanol–water partition coefficient (Wildman–Crippen LogP) is 3.87. The van der Waals surface area contributed by atoms with E-state index in [1.54, 1.807) is 0 Å². The molecule has 0 aliphatic rings. The molecule has 0 spiro atoms. The molecule has 0 rings (SSSR count). The summed E-state index contributed by atoms with van der Waals surface area (Å²) in [5.74, 6) is -17.9. The second kappa shape index (κ2) is 4.70. The molecule has 0 aromatic carbocycles. The first-order valence-electron chi connectivity index (χ1n) is 5.05. The lowest BCUT2D eigenvalue weighted by atomic mass is 9.81. The average molecular weight is 282 g/mol. The van der Waals surface area contributed by atoms with E-state index in [0.717, 1.165) is 6.92 Å². The maximum atomic E-state index is 13.6. The van der Waals surface area contributed by atoms with Crippen molar-refractivity contribution in [1.29, 1.82) is 0 Å². The Hall–Kier alpha value is -0.820. The topological polar surface area (TPSA) is 17.1 Å². The molecule has 2 unspecified atom stereocenters. The summed E-state index contributed by atoms with van der Waals surface area (Å²) in [7, 11) is 0. The fourth-order valence-electron chi connectivity index (χ4n) is 1.41. The van der Waals surface area contributed by atoms with Crippen LogP contribution in [-0.4, -0.2) is 29.7 Å². The van der Waals surface area contributed by atoms with Gasteiger partial charge < -0.3 is 4.79 Å². The number of hydrogen-bond donors (Lipinski definition) is 0. The Kier molecular flexibility index (Phi) is 4.48. The highest BCUT2D eigenvalue weighted by Crippen LogP contribution is 2.53. The van der Waals surface area contributed by atoms with Crippen LogP contribution in [0.1, 0.15) is 27.2 Å². The second-order valence-electron chi connectivity index (χ2n) is 4.24. The number of aldehydes is 1. The van der Waals surface area contributed by atoms with E-state index in [4.69, 9.17) is 0 Å². The van der Waals surface area contributed by atoms with Crippen LogP contribution in [-0.2, 0) is 4.79 Å². The van der Waals surface area contributed by atoms with E-state index in [1.807, 2.05) is 0 Å². The Balaban J connectivity index is 5.70. The molecule has 0 heterocycles. The maximum absolute atomic E-state index is 13.6. The van der Waals surface area contributed by atoms with Crippen LogP contribution in [0.5, 0.6) is 0 Å². The molecule has 0 bridgehead atoms. The summed E-state index contributed by atoms with van der Waals surface area (Å²) < 4.78 is 92.0. The Morgan fingerprint density at radius 3 is 1.61 bits per heavy atom. The van der Waals surface area contributed by atoms with Crippen LogP contribution in [0, 0.1) is 5.92 Å². The highest BCUT2D eigenvalue weighted by molar-refractivity contribution is 5.56. The fourth-order valence-corrected chi connectivity index (χ4v) is 1.41. The number of carbonyl (C=O) groups is 1. The second-order valence-corrected chi connectivity index (χ2v) is 4.24. The van der Waals surface area contributed by atoms with E-state index in [0.29, 0.717) is 0 Å². The molecule has 0 aromatic rings. The van der Waals surface area contributed by atoms with Crippen LogP contribution in [0.25, 0.3) is 0 Å². The van der Waals surface area contributed by atoms with Crippen molar-refractivity contribution in [3.63, 3.8) is 0 Å². The van der Waals surface area contributed by atoms with Crippen LogP contribution in [0.2, 0.25) is 0 Å². The van der Waals surface area contributed by atoms with Crippen molar-refractivity contribution in [3.05, 3.63) is 0 Å². The van der Waals surface area contributed by atoms with Gasteiger partial charge in [-0.3, -0.25) is 0 Å². The molecule has 0 aliphatic carbocycles. The summed E-state index contributed by atoms with van der Waals surface area (Å²) in [5.41, 5.74) is -4.85. The Morgan fingerprint density at radius 1 is 1.00 bits per heavy atom. The van der Waals surface area contributed by atoms with Crippen molar-refractivity contribution in [2.24, 2.45) is 5.92 Å². The number of alkyl halides is 7. The van der Waals surface area contributed by atoms with Crippen LogP contribution in [0.4, 0.5) is 30.7 Å². The molecule has 0 fully saturated rings. The van der Waals surface area contributed by atoms with Gasteiger partial charge in [-0.05, 0) is 13.3 Å². The number of hydrogen-bond acceptors (Lipinski definition) is 1. The van der Waals surface area contributed by atoms with Gasteiger partial charge in [-0.25, -0.2) is 22.0 Å². The monoisotopic (exact) mass is 282 g/mol. The molecule has 0 saturated heterocycles. The summed E-state index contributed by atoms with van der Waals surface area (Å²) in [6, 6.07) is 0. The Morgan fingerprint density at radius 2 is 1.39 bits per heavy atom. The minimum Gasteiger partial charge on any atom is -0.303 e. The molecule has 2 atom stereocenters. The number of rotatable bonds is 6. The summed E-state index contributed by atoms with van der Waals surface area (Å²) in [6.45, 7) is 0.352. The van der Waals surface area contributed by atoms with Gasteiger partial charge in [0.1, 0.15) is 6.29 Å². The third kappa shape index (κ3) is 2.33. The van der Waals surface area contributed by atoms with Crippen LogP contribution >= 0.6 is 0 Å². The standard InChI is InChI=1S/C10H13F7O/c1-4-6(5-18)9(14,15)7(2,11)10(16,17)8(3,12)13/h5-6H,4H2,1-3H3. The van der Waals surface area contributed by atoms with Crippen molar-refractivity contribution in [3.8, 4) is 0 Å². The van der Waals surface area contributed by atoms with Crippen molar-refractivity contribution in [2.75, 3.05) is 0 Å². The summed E-state index contributed by atoms with van der Waals surface area (Å²) in [4.78, 5) is 10.3. The summed E-state index contributed by atoms with van der Waals surface area (Å²) in [5, 5.41) is 0. The molecule has 0 saturated carbocycles. The lowest BCUT2D eigenvalue weighted by Gasteiger charge is -2.40. The van der Waals surface area contributed by atoms with Gasteiger partial charge in [0.05, 0.1) is 5.92 Å². The van der Waals surface area contributed by atoms with Gasteiger partial charge >= 0.3 is 11.8 Å². The van der Waals surface area contributed by atoms with Crippen molar-refractivity contribution in [1.82, 2.24) is 0 Å². The first-order valence-corrected chi connectivity index (χ1v) is 5.05. The third-order valence-electron chi connectivity index (χ3n) is 2.84. The molecule has 108 valence electrons. The first kappa shape index (κ1) is 17.2. The van der Waals surface area contributed by atoms with Crippen LogP contribution in [0.15, 0.2) is 0 Å². The number of halogens is 7. The number of carbonyl (C=O) groups excluding carboxylic acids is 1. The average Bonchev–Trinajstić information content (AvgIpc) is 2.16. The van der Waals surface area contributed by atoms with Crippen molar-refractivity contribution >= 4 is 6.29 Å². The van der Waals surface area contributed by atoms with Gasteiger partial charge in [-0.2, -0.15) is 8.78 Å². The molecule has 0 radical (unpaired) electrons. The quantitative estimate of drug-likeness (QED) is 0.534. The van der Waals surface area contributed by atoms with E-state index in [2.05, 4.69) is 0 Å². The lowest BCUT2D eigenvalue weighted by molar-refractivity contribution is -0.318. The Labute approximate surface area is 99.3 Å². The maximum Gasteiger partial charge on any atom is 0.348 e. The minimum atomic E-state index is -5.61. The van der Waals surface area contributed by atoms with E-state index in [-0.39, 0.29) is 13.8 Å². The highest BCUT2D eigenvalue weighted by atomic mass is 19.3. The first-order chi connectivity index (χ1) is 7.77. The largest absolute Gasteiger partial charge is 0.348 e. The molecule has 0 N–H and O–H groups in total. The van der Waals surface area contributed by atoms with Crippen molar-refractivity contribution < 1.29 is 35.5 Å². The Bertz CT molecular complexity index is 306. The molecule has 0 aliphatic heterocycles. The van der Waals surface area contributed by atoms with Gasteiger partial charge in [0.2, 0.25) is 5.67 Å². The molecule has 8 heteroatoms. The van der Waals surface area contributed by atoms with E-state index in [9.17, 15) is 35.5 Å². The van der Waals surface area contributed by atoms with Crippen LogP contribution < -0.4 is 0 Å². The normalized spacial score (nSPS) is 19.2. The van der Waals surface area contributed by atoms with Gasteiger partial charge in [0.25, 0.3) is 5.92 Å². The SMILES string of the molecule is CCC(C=O)C(F)(F)C(C)(F)C(F)(F)C(C)(F)F. The molecular weight excluding hydrogens is 269 g/mol. The van der Waals surface area contributed by atoms with E-state index in [1.165, 1.54) is 0 Å².